The monoisotopic (exact) mass is 352 g/mol. The molecule has 0 saturated carbocycles. The molecule has 6 nitrogen and oxygen atoms in total. The van der Waals surface area contributed by atoms with Gasteiger partial charge in [0.05, 0.1) is 10.9 Å². The topological polar surface area (TPSA) is 78.9 Å². The van der Waals surface area contributed by atoms with Crippen LogP contribution >= 0.6 is 0 Å². The Labute approximate surface area is 152 Å². The summed E-state index contributed by atoms with van der Waals surface area (Å²) in [5, 5.41) is 9.09. The van der Waals surface area contributed by atoms with Crippen molar-refractivity contribution >= 4 is 28.3 Å². The predicted octanol–water partition coefficient (Wildman–Crippen LogP) is 4.51. The zero-order valence-electron chi connectivity index (χ0n) is 15.3. The molecule has 1 aromatic heterocycles. The van der Waals surface area contributed by atoms with Crippen LogP contribution < -0.4 is 16.2 Å². The zero-order chi connectivity index (χ0) is 18.7. The van der Waals surface area contributed by atoms with Crippen molar-refractivity contribution in [3.05, 3.63) is 58.4 Å². The van der Waals surface area contributed by atoms with Crippen molar-refractivity contribution < 1.29 is 4.79 Å². The van der Waals surface area contributed by atoms with Crippen LogP contribution in [0, 0.1) is 0 Å². The lowest BCUT2D eigenvalue weighted by Gasteiger charge is -2.14. The maximum atomic E-state index is 12.4. The van der Waals surface area contributed by atoms with Crippen molar-refractivity contribution in [2.24, 2.45) is 0 Å². The highest BCUT2D eigenvalue weighted by Crippen LogP contribution is 2.24. The van der Waals surface area contributed by atoms with Gasteiger partial charge in [-0.2, -0.15) is 0 Å². The molecule has 3 N–H and O–H groups in total. The lowest BCUT2D eigenvalue weighted by Crippen LogP contribution is -2.20. The lowest BCUT2D eigenvalue weighted by molar-refractivity contribution is 0.262. The number of nitrogens with one attached hydrogen (secondary N) is 3. The molecule has 0 aliphatic heterocycles. The van der Waals surface area contributed by atoms with Gasteiger partial charge in [-0.1, -0.05) is 39.0 Å². The molecule has 3 rings (SSSR count). The Bertz CT molecular complexity index is 985. The molecule has 0 saturated heterocycles. The molecule has 0 bridgehead atoms. The molecule has 3 aromatic rings. The van der Waals surface area contributed by atoms with E-state index in [0.29, 0.717) is 17.0 Å². The van der Waals surface area contributed by atoms with Gasteiger partial charge in [0.15, 0.2) is 0 Å². The summed E-state index contributed by atoms with van der Waals surface area (Å²) in [6, 6.07) is 12.8. The molecule has 1 heterocycles. The number of amides is 2. The number of carbonyl (C=O) groups is 1. The van der Waals surface area contributed by atoms with E-state index in [1.807, 2.05) is 35.0 Å². The molecule has 0 unspecified atom stereocenters. The zero-order valence-corrected chi connectivity index (χ0v) is 15.3. The molecule has 2 aromatic carbocycles. The van der Waals surface area contributed by atoms with Gasteiger partial charge < -0.3 is 10.6 Å². The molecular weight excluding hydrogens is 328 g/mol. The number of hydrogen-bond acceptors (Lipinski definition) is 2. The number of fused-ring (bicyclic) bond motifs is 1. The van der Waals surface area contributed by atoms with E-state index in [9.17, 15) is 9.59 Å². The normalized spacial score (nSPS) is 11.1. The highest BCUT2D eigenvalue weighted by atomic mass is 16.2. The van der Waals surface area contributed by atoms with E-state index < -0.39 is 0 Å². The van der Waals surface area contributed by atoms with Crippen LogP contribution in [0.5, 0.6) is 0 Å². The molecular formula is C20H24N4O2. The molecule has 0 atom stereocenters. The fraction of sp³-hybridized carbons (Fsp3) is 0.300. The van der Waals surface area contributed by atoms with Gasteiger partial charge >= 0.3 is 6.03 Å². The third kappa shape index (κ3) is 3.64. The van der Waals surface area contributed by atoms with Crippen molar-refractivity contribution in [1.82, 2.24) is 9.78 Å². The van der Waals surface area contributed by atoms with Crippen LogP contribution in [0.2, 0.25) is 0 Å². The number of para-hydroxylation sites is 1. The fourth-order valence-electron chi connectivity index (χ4n) is 3.07. The summed E-state index contributed by atoms with van der Waals surface area (Å²) in [6.45, 7) is 6.97. The second kappa shape index (κ2) is 7.47. The number of anilines is 2. The highest BCUT2D eigenvalue weighted by molar-refractivity contribution is 6.01. The Morgan fingerprint density at radius 3 is 2.65 bits per heavy atom. The first-order valence-electron chi connectivity index (χ1n) is 8.89. The number of urea groups is 1. The maximum absolute atomic E-state index is 12.4. The fourth-order valence-corrected chi connectivity index (χ4v) is 3.07. The molecule has 0 aliphatic rings. The standard InChI is InChI=1S/C20H24N4O2/c1-4-11-24-18-10-9-14(12-16(18)19(25)23-24)21-20(26)22-17-8-6-5-7-15(17)13(2)3/h5-10,12-13H,4,11H2,1-3H3,(H,23,25)(H2,21,22,26). The van der Waals surface area contributed by atoms with Gasteiger partial charge in [-0.15, -0.1) is 0 Å². The number of aromatic amines is 1. The van der Waals surface area contributed by atoms with Gasteiger partial charge in [0.1, 0.15) is 0 Å². The molecule has 136 valence electrons. The largest absolute Gasteiger partial charge is 0.323 e. The number of aromatic nitrogens is 2. The first-order valence-corrected chi connectivity index (χ1v) is 8.89. The Hall–Kier alpha value is -3.02. The summed E-state index contributed by atoms with van der Waals surface area (Å²) in [5.41, 5.74) is 3.13. The summed E-state index contributed by atoms with van der Waals surface area (Å²) < 4.78 is 1.83. The number of rotatable bonds is 5. The van der Waals surface area contributed by atoms with E-state index in [-0.39, 0.29) is 11.6 Å². The van der Waals surface area contributed by atoms with Gasteiger partial charge in [-0.05, 0) is 42.2 Å². The molecule has 0 aliphatic carbocycles. The summed E-state index contributed by atoms with van der Waals surface area (Å²) in [6.07, 6.45) is 0.928. The Morgan fingerprint density at radius 2 is 1.92 bits per heavy atom. The van der Waals surface area contributed by atoms with Crippen LogP contribution in [-0.2, 0) is 6.54 Å². The molecule has 0 fully saturated rings. The number of benzene rings is 2. The molecule has 6 heteroatoms. The van der Waals surface area contributed by atoms with Crippen molar-refractivity contribution in [3.8, 4) is 0 Å². The predicted molar refractivity (Wildman–Crippen MR) is 106 cm³/mol. The van der Waals surface area contributed by atoms with Crippen LogP contribution in [0.3, 0.4) is 0 Å². The van der Waals surface area contributed by atoms with Crippen molar-refractivity contribution in [2.75, 3.05) is 10.6 Å². The van der Waals surface area contributed by atoms with Gasteiger partial charge in [-0.25, -0.2) is 4.79 Å². The molecule has 0 radical (unpaired) electrons. The van der Waals surface area contributed by atoms with Crippen LogP contribution in [0.25, 0.3) is 10.9 Å². The minimum atomic E-state index is -0.332. The van der Waals surface area contributed by atoms with Crippen LogP contribution in [0.15, 0.2) is 47.3 Å². The smallest absolute Gasteiger partial charge is 0.308 e. The first kappa shape index (κ1) is 17.8. The van der Waals surface area contributed by atoms with E-state index in [0.717, 1.165) is 29.7 Å². The molecule has 0 spiro atoms. The van der Waals surface area contributed by atoms with Crippen molar-refractivity contribution in [3.63, 3.8) is 0 Å². The summed E-state index contributed by atoms with van der Waals surface area (Å²) in [7, 11) is 0. The number of H-pyrrole nitrogens is 1. The Balaban J connectivity index is 1.80. The molecule has 26 heavy (non-hydrogen) atoms. The third-order valence-electron chi connectivity index (χ3n) is 4.30. The van der Waals surface area contributed by atoms with Crippen molar-refractivity contribution in [1.29, 1.82) is 0 Å². The highest BCUT2D eigenvalue weighted by Gasteiger charge is 2.11. The number of nitrogens with zero attached hydrogens (tertiary/aromatic N) is 1. The first-order chi connectivity index (χ1) is 12.5. The van der Waals surface area contributed by atoms with Gasteiger partial charge in [0.25, 0.3) is 5.56 Å². The lowest BCUT2D eigenvalue weighted by atomic mass is 10.0. The molecule has 2 amide bonds. The van der Waals surface area contributed by atoms with Gasteiger partial charge in [0.2, 0.25) is 0 Å². The summed E-state index contributed by atoms with van der Waals surface area (Å²) in [5.74, 6) is 0.305. The van der Waals surface area contributed by atoms with E-state index in [4.69, 9.17) is 0 Å². The summed E-state index contributed by atoms with van der Waals surface area (Å²) in [4.78, 5) is 24.5. The minimum Gasteiger partial charge on any atom is -0.308 e. The van der Waals surface area contributed by atoms with E-state index in [2.05, 4.69) is 36.5 Å². The number of aryl methyl sites for hydroxylation is 1. The second-order valence-electron chi connectivity index (χ2n) is 6.65. The van der Waals surface area contributed by atoms with Crippen molar-refractivity contribution in [2.45, 2.75) is 39.7 Å². The third-order valence-corrected chi connectivity index (χ3v) is 4.30. The van der Waals surface area contributed by atoms with Crippen LogP contribution in [0.1, 0.15) is 38.7 Å². The maximum Gasteiger partial charge on any atom is 0.323 e. The van der Waals surface area contributed by atoms with Gasteiger partial charge in [0, 0.05) is 17.9 Å². The Kier molecular flexibility index (Phi) is 5.11. The van der Waals surface area contributed by atoms with E-state index in [1.54, 1.807) is 12.1 Å². The average molecular weight is 352 g/mol. The Morgan fingerprint density at radius 1 is 1.15 bits per heavy atom. The number of hydrogen-bond donors (Lipinski definition) is 3. The van der Waals surface area contributed by atoms with Crippen LogP contribution in [0.4, 0.5) is 16.2 Å². The quantitative estimate of drug-likeness (QED) is 0.632. The summed E-state index contributed by atoms with van der Waals surface area (Å²) >= 11 is 0. The average Bonchev–Trinajstić information content (AvgIpc) is 2.91. The van der Waals surface area contributed by atoms with E-state index >= 15 is 0 Å². The van der Waals surface area contributed by atoms with Crippen LogP contribution in [-0.4, -0.2) is 15.8 Å². The van der Waals surface area contributed by atoms with E-state index in [1.165, 1.54) is 0 Å². The van der Waals surface area contributed by atoms with Gasteiger partial charge in [-0.3, -0.25) is 14.6 Å². The second-order valence-corrected chi connectivity index (χ2v) is 6.65. The number of carbonyl (C=O) groups excluding carboxylic acids is 1. The SMILES string of the molecule is CCCn1[nH]c(=O)c2cc(NC(=O)Nc3ccccc3C(C)C)ccc21. The minimum absolute atomic E-state index is 0.150.